The van der Waals surface area contributed by atoms with Crippen LogP contribution in [0.2, 0.25) is 0 Å². The maximum absolute atomic E-state index is 14.8. The van der Waals surface area contributed by atoms with Crippen LogP contribution in [-0.4, -0.2) is 19.7 Å². The quantitative estimate of drug-likeness (QED) is 0.388. The minimum absolute atomic E-state index is 0.235. The highest BCUT2D eigenvalue weighted by molar-refractivity contribution is 5.99. The minimum atomic E-state index is -0.434. The van der Waals surface area contributed by atoms with Crippen LogP contribution in [0.1, 0.15) is 11.1 Å². The van der Waals surface area contributed by atoms with Crippen LogP contribution in [0.4, 0.5) is 20.5 Å². The van der Waals surface area contributed by atoms with Gasteiger partial charge < -0.3 is 11.1 Å². The first kappa shape index (κ1) is 20.6. The van der Waals surface area contributed by atoms with Crippen LogP contribution in [0, 0.1) is 18.6 Å². The van der Waals surface area contributed by atoms with Gasteiger partial charge in [-0.25, -0.2) is 18.4 Å². The van der Waals surface area contributed by atoms with Gasteiger partial charge in [0.15, 0.2) is 5.65 Å². The van der Waals surface area contributed by atoms with Gasteiger partial charge in [0, 0.05) is 12.1 Å². The number of fused-ring (bicyclic) bond motifs is 1. The van der Waals surface area contributed by atoms with Crippen molar-refractivity contribution in [2.75, 3.05) is 11.1 Å². The van der Waals surface area contributed by atoms with Crippen molar-refractivity contribution in [3.8, 4) is 16.9 Å². The van der Waals surface area contributed by atoms with E-state index in [1.807, 2.05) is 31.2 Å². The topological polar surface area (TPSA) is 81.7 Å². The molecule has 0 aliphatic heterocycles. The van der Waals surface area contributed by atoms with Gasteiger partial charge >= 0.3 is 0 Å². The standard InChI is InChI=1S/C25H20F2N6/c1-15-6-4-9-18(12-15)33-23(28)21-22(19-10-2-3-11-20(19)27)30-25(31-24(21)32-33)29-14-16-7-5-8-17(26)13-16/h2-13H,14,28H2,1H3,(H,29,31,32). The van der Waals surface area contributed by atoms with E-state index >= 15 is 0 Å². The Morgan fingerprint density at radius 2 is 1.76 bits per heavy atom. The lowest BCUT2D eigenvalue weighted by atomic mass is 10.1. The highest BCUT2D eigenvalue weighted by atomic mass is 19.1. The summed E-state index contributed by atoms with van der Waals surface area (Å²) in [5.74, 6) is -0.219. The molecule has 33 heavy (non-hydrogen) atoms. The third-order valence-corrected chi connectivity index (χ3v) is 5.28. The van der Waals surface area contributed by atoms with E-state index in [4.69, 9.17) is 5.73 Å². The first-order valence-corrected chi connectivity index (χ1v) is 10.4. The Morgan fingerprint density at radius 3 is 2.55 bits per heavy atom. The first-order chi connectivity index (χ1) is 16.0. The van der Waals surface area contributed by atoms with E-state index < -0.39 is 5.82 Å². The van der Waals surface area contributed by atoms with Crippen LogP contribution in [0.5, 0.6) is 0 Å². The molecule has 0 fully saturated rings. The molecule has 164 valence electrons. The summed E-state index contributed by atoms with van der Waals surface area (Å²) in [6.07, 6.45) is 0. The van der Waals surface area contributed by atoms with Crippen LogP contribution in [0.25, 0.3) is 28.0 Å². The van der Waals surface area contributed by atoms with E-state index in [9.17, 15) is 8.78 Å². The van der Waals surface area contributed by atoms with E-state index in [2.05, 4.69) is 20.4 Å². The molecule has 5 rings (SSSR count). The zero-order valence-corrected chi connectivity index (χ0v) is 17.8. The first-order valence-electron chi connectivity index (χ1n) is 10.4. The summed E-state index contributed by atoms with van der Waals surface area (Å²) in [6.45, 7) is 2.26. The predicted octanol–water partition coefficient (Wildman–Crippen LogP) is 5.26. The van der Waals surface area contributed by atoms with E-state index in [1.54, 1.807) is 35.0 Å². The summed E-state index contributed by atoms with van der Waals surface area (Å²) in [4.78, 5) is 9.07. The number of halogens is 2. The molecule has 0 radical (unpaired) electrons. The maximum Gasteiger partial charge on any atom is 0.225 e. The van der Waals surface area contributed by atoms with E-state index in [0.717, 1.165) is 16.8 Å². The molecule has 0 amide bonds. The Balaban J connectivity index is 1.66. The zero-order chi connectivity index (χ0) is 22.9. The Bertz CT molecular complexity index is 1480. The summed E-state index contributed by atoms with van der Waals surface area (Å²) >= 11 is 0. The van der Waals surface area contributed by atoms with Crippen LogP contribution >= 0.6 is 0 Å². The summed E-state index contributed by atoms with van der Waals surface area (Å²) in [5, 5.41) is 8.13. The number of nitrogens with zero attached hydrogens (tertiary/aromatic N) is 4. The van der Waals surface area contributed by atoms with Gasteiger partial charge in [-0.1, -0.05) is 36.4 Å². The average Bonchev–Trinajstić information content (AvgIpc) is 3.14. The largest absolute Gasteiger partial charge is 0.383 e. The molecule has 2 aromatic heterocycles. The third kappa shape index (κ3) is 3.98. The fourth-order valence-electron chi connectivity index (χ4n) is 3.72. The Kier molecular flexibility index (Phi) is 5.18. The average molecular weight is 442 g/mol. The second-order valence-electron chi connectivity index (χ2n) is 7.69. The van der Waals surface area contributed by atoms with Gasteiger partial charge in [0.05, 0.1) is 16.8 Å². The smallest absolute Gasteiger partial charge is 0.225 e. The molecule has 0 bridgehead atoms. The number of anilines is 2. The number of nitrogen functional groups attached to an aromatic ring is 1. The molecule has 2 heterocycles. The number of nitrogens with one attached hydrogen (secondary N) is 1. The van der Waals surface area contributed by atoms with E-state index in [-0.39, 0.29) is 23.9 Å². The molecule has 3 N–H and O–H groups in total. The summed E-state index contributed by atoms with van der Waals surface area (Å²) < 4.78 is 29.9. The van der Waals surface area contributed by atoms with Crippen LogP contribution in [-0.2, 0) is 6.54 Å². The molecule has 0 aliphatic carbocycles. The molecule has 6 nitrogen and oxygen atoms in total. The van der Waals surface area contributed by atoms with Crippen molar-refractivity contribution >= 4 is 22.8 Å². The Labute approximate surface area is 188 Å². The van der Waals surface area contributed by atoms with Gasteiger partial charge in [-0.2, -0.15) is 4.98 Å². The molecule has 8 heteroatoms. The summed E-state index contributed by atoms with van der Waals surface area (Å²) in [6, 6.07) is 20.3. The Hall–Kier alpha value is -4.33. The number of aryl methyl sites for hydroxylation is 1. The lowest BCUT2D eigenvalue weighted by molar-refractivity contribution is 0.625. The second-order valence-corrected chi connectivity index (χ2v) is 7.69. The molecule has 0 saturated carbocycles. The SMILES string of the molecule is Cc1cccc(-n2nc3nc(NCc4cccc(F)c4)nc(-c4ccccc4F)c3c2N)c1. The number of rotatable bonds is 5. The minimum Gasteiger partial charge on any atom is -0.383 e. The molecule has 5 aromatic rings. The second kappa shape index (κ2) is 8.31. The van der Waals surface area contributed by atoms with Crippen molar-refractivity contribution in [1.29, 1.82) is 0 Å². The van der Waals surface area contributed by atoms with Crippen LogP contribution in [0.3, 0.4) is 0 Å². The van der Waals surface area contributed by atoms with Crippen molar-refractivity contribution in [2.24, 2.45) is 0 Å². The number of benzene rings is 3. The van der Waals surface area contributed by atoms with E-state index in [1.165, 1.54) is 18.2 Å². The zero-order valence-electron chi connectivity index (χ0n) is 17.8. The van der Waals surface area contributed by atoms with Gasteiger partial charge in [0.25, 0.3) is 0 Å². The maximum atomic E-state index is 14.8. The monoisotopic (exact) mass is 442 g/mol. The Morgan fingerprint density at radius 1 is 0.939 bits per heavy atom. The molecule has 0 unspecified atom stereocenters. The van der Waals surface area contributed by atoms with Crippen molar-refractivity contribution < 1.29 is 8.78 Å². The van der Waals surface area contributed by atoms with Crippen molar-refractivity contribution in [3.05, 3.63) is 95.6 Å². The molecule has 3 aromatic carbocycles. The van der Waals surface area contributed by atoms with Gasteiger partial charge in [-0.05, 0) is 54.4 Å². The van der Waals surface area contributed by atoms with Gasteiger partial charge in [-0.15, -0.1) is 5.10 Å². The van der Waals surface area contributed by atoms with Crippen molar-refractivity contribution in [3.63, 3.8) is 0 Å². The van der Waals surface area contributed by atoms with Gasteiger partial charge in [0.2, 0.25) is 5.95 Å². The normalized spacial score (nSPS) is 11.1. The molecular formula is C25H20F2N6. The highest BCUT2D eigenvalue weighted by Crippen LogP contribution is 2.34. The molecular weight excluding hydrogens is 422 g/mol. The van der Waals surface area contributed by atoms with Crippen molar-refractivity contribution in [2.45, 2.75) is 13.5 Å². The number of hydrogen-bond donors (Lipinski definition) is 2. The summed E-state index contributed by atoms with van der Waals surface area (Å²) in [5.41, 5.74) is 9.94. The molecule has 0 aliphatic rings. The van der Waals surface area contributed by atoms with Gasteiger partial charge in [0.1, 0.15) is 17.5 Å². The summed E-state index contributed by atoms with van der Waals surface area (Å²) in [7, 11) is 0. The lowest BCUT2D eigenvalue weighted by Gasteiger charge is -2.09. The molecule has 0 atom stereocenters. The van der Waals surface area contributed by atoms with E-state index in [0.29, 0.717) is 22.5 Å². The number of nitrogens with two attached hydrogens (primary N) is 1. The van der Waals surface area contributed by atoms with Crippen molar-refractivity contribution in [1.82, 2.24) is 19.7 Å². The number of aromatic nitrogens is 4. The fourth-order valence-corrected chi connectivity index (χ4v) is 3.72. The molecule has 0 spiro atoms. The highest BCUT2D eigenvalue weighted by Gasteiger charge is 2.21. The van der Waals surface area contributed by atoms with Gasteiger partial charge in [-0.3, -0.25) is 0 Å². The predicted molar refractivity (Wildman–Crippen MR) is 125 cm³/mol. The lowest BCUT2D eigenvalue weighted by Crippen LogP contribution is -2.05. The van der Waals surface area contributed by atoms with Crippen LogP contribution in [0.15, 0.2) is 72.8 Å². The van der Waals surface area contributed by atoms with Crippen LogP contribution < -0.4 is 11.1 Å². The number of hydrogen-bond acceptors (Lipinski definition) is 5. The third-order valence-electron chi connectivity index (χ3n) is 5.28. The molecule has 0 saturated heterocycles. The fraction of sp³-hybridized carbons (Fsp3) is 0.0800.